The molecule has 4 nitrogen and oxygen atoms in total. The molecule has 0 saturated carbocycles. The third-order valence-electron chi connectivity index (χ3n) is 2.94. The van der Waals surface area contributed by atoms with E-state index in [1.807, 2.05) is 48.1 Å². The highest BCUT2D eigenvalue weighted by atomic mass is 16.5. The van der Waals surface area contributed by atoms with E-state index < -0.39 is 0 Å². The van der Waals surface area contributed by atoms with E-state index in [0.717, 1.165) is 30.0 Å². The molecule has 0 aliphatic heterocycles. The Balaban J connectivity index is 1.97. The van der Waals surface area contributed by atoms with Gasteiger partial charge >= 0.3 is 0 Å². The van der Waals surface area contributed by atoms with Crippen LogP contribution in [0.2, 0.25) is 0 Å². The van der Waals surface area contributed by atoms with Crippen molar-refractivity contribution in [3.05, 3.63) is 47.8 Å². The van der Waals surface area contributed by atoms with Crippen LogP contribution in [0.15, 0.2) is 36.5 Å². The molecule has 1 atom stereocenters. The van der Waals surface area contributed by atoms with Crippen molar-refractivity contribution in [1.82, 2.24) is 9.78 Å². The first-order valence-corrected chi connectivity index (χ1v) is 6.67. The Hall–Kier alpha value is -1.81. The Morgan fingerprint density at radius 2 is 2.00 bits per heavy atom. The van der Waals surface area contributed by atoms with Gasteiger partial charge in [-0.1, -0.05) is 19.1 Å². The maximum atomic E-state index is 6.18. The summed E-state index contributed by atoms with van der Waals surface area (Å²) in [4.78, 5) is 0. The summed E-state index contributed by atoms with van der Waals surface area (Å²) in [7, 11) is 0. The minimum atomic E-state index is -0.0560. The van der Waals surface area contributed by atoms with Gasteiger partial charge in [-0.05, 0) is 37.1 Å². The van der Waals surface area contributed by atoms with Crippen LogP contribution in [0.4, 0.5) is 0 Å². The average molecular weight is 259 g/mol. The summed E-state index contributed by atoms with van der Waals surface area (Å²) in [6, 6.07) is 9.91. The second kappa shape index (κ2) is 6.38. The number of nitrogens with zero attached hydrogens (tertiary/aromatic N) is 2. The predicted octanol–water partition coefficient (Wildman–Crippen LogP) is 2.68. The number of rotatable bonds is 6. The van der Waals surface area contributed by atoms with E-state index in [9.17, 15) is 0 Å². The van der Waals surface area contributed by atoms with Crippen molar-refractivity contribution < 1.29 is 4.74 Å². The average Bonchev–Trinajstić information content (AvgIpc) is 2.82. The maximum Gasteiger partial charge on any atom is 0.119 e. The zero-order valence-corrected chi connectivity index (χ0v) is 11.5. The number of benzene rings is 1. The fourth-order valence-electron chi connectivity index (χ4n) is 1.90. The smallest absolute Gasteiger partial charge is 0.119 e. The molecule has 0 saturated heterocycles. The second-order valence-electron chi connectivity index (χ2n) is 4.70. The van der Waals surface area contributed by atoms with Crippen LogP contribution in [0.3, 0.4) is 0 Å². The molecule has 2 N–H and O–H groups in total. The molecule has 19 heavy (non-hydrogen) atoms. The van der Waals surface area contributed by atoms with Crippen molar-refractivity contribution in [2.45, 2.75) is 32.9 Å². The highest BCUT2D eigenvalue weighted by molar-refractivity contribution is 5.29. The van der Waals surface area contributed by atoms with Crippen LogP contribution in [0.5, 0.6) is 5.75 Å². The summed E-state index contributed by atoms with van der Waals surface area (Å²) >= 11 is 0. The van der Waals surface area contributed by atoms with Gasteiger partial charge in [0.1, 0.15) is 5.75 Å². The molecule has 1 aromatic carbocycles. The van der Waals surface area contributed by atoms with Gasteiger partial charge in [-0.3, -0.25) is 4.68 Å². The van der Waals surface area contributed by atoms with Gasteiger partial charge < -0.3 is 10.5 Å². The normalized spacial score (nSPS) is 12.4. The molecule has 1 unspecified atom stereocenters. The highest BCUT2D eigenvalue weighted by Crippen LogP contribution is 2.17. The standard InChI is InChI=1S/C15H21N3O/c1-3-10-19-14-6-4-13(5-7-14)15(16)11-18-9-8-12(2)17-18/h4-9,15H,3,10-11,16H2,1-2H3. The molecule has 0 radical (unpaired) electrons. The zero-order chi connectivity index (χ0) is 13.7. The van der Waals surface area contributed by atoms with Gasteiger partial charge in [0.15, 0.2) is 0 Å². The van der Waals surface area contributed by atoms with Gasteiger partial charge in [0, 0.05) is 12.2 Å². The van der Waals surface area contributed by atoms with E-state index in [1.165, 1.54) is 0 Å². The quantitative estimate of drug-likeness (QED) is 0.867. The summed E-state index contributed by atoms with van der Waals surface area (Å²) in [6.07, 6.45) is 2.97. The molecule has 2 aromatic rings. The largest absolute Gasteiger partial charge is 0.494 e. The Morgan fingerprint density at radius 3 is 2.58 bits per heavy atom. The SMILES string of the molecule is CCCOc1ccc(C(N)Cn2ccc(C)n2)cc1. The van der Waals surface area contributed by atoms with Crippen molar-refractivity contribution in [2.75, 3.05) is 6.61 Å². The van der Waals surface area contributed by atoms with Crippen LogP contribution < -0.4 is 10.5 Å². The fourth-order valence-corrected chi connectivity index (χ4v) is 1.90. The van der Waals surface area contributed by atoms with Gasteiger partial charge in [0.25, 0.3) is 0 Å². The van der Waals surface area contributed by atoms with Crippen LogP contribution in [0.1, 0.15) is 30.6 Å². The van der Waals surface area contributed by atoms with E-state index in [2.05, 4.69) is 12.0 Å². The van der Waals surface area contributed by atoms with E-state index in [-0.39, 0.29) is 6.04 Å². The molecular weight excluding hydrogens is 238 g/mol. The zero-order valence-electron chi connectivity index (χ0n) is 11.5. The Labute approximate surface area is 114 Å². The van der Waals surface area contributed by atoms with Crippen LogP contribution >= 0.6 is 0 Å². The first-order chi connectivity index (χ1) is 9.19. The van der Waals surface area contributed by atoms with Crippen LogP contribution in [0.25, 0.3) is 0 Å². The van der Waals surface area contributed by atoms with Crippen molar-refractivity contribution >= 4 is 0 Å². The molecule has 102 valence electrons. The molecule has 0 amide bonds. The van der Waals surface area contributed by atoms with Crippen LogP contribution in [0, 0.1) is 6.92 Å². The molecule has 0 aliphatic carbocycles. The Bertz CT molecular complexity index is 504. The number of hydrogen-bond acceptors (Lipinski definition) is 3. The Morgan fingerprint density at radius 1 is 1.26 bits per heavy atom. The number of nitrogens with two attached hydrogens (primary N) is 1. The molecule has 0 spiro atoms. The van der Waals surface area contributed by atoms with E-state index in [1.54, 1.807) is 0 Å². The highest BCUT2D eigenvalue weighted by Gasteiger charge is 2.07. The molecule has 0 fully saturated rings. The molecule has 0 aliphatic rings. The van der Waals surface area contributed by atoms with E-state index in [4.69, 9.17) is 10.5 Å². The molecule has 1 aromatic heterocycles. The molecule has 1 heterocycles. The van der Waals surface area contributed by atoms with Crippen molar-refractivity contribution in [3.8, 4) is 5.75 Å². The summed E-state index contributed by atoms with van der Waals surface area (Å²) in [5.74, 6) is 0.896. The van der Waals surface area contributed by atoms with Crippen LogP contribution in [-0.2, 0) is 6.54 Å². The summed E-state index contributed by atoms with van der Waals surface area (Å²) < 4.78 is 7.43. The van der Waals surface area contributed by atoms with E-state index >= 15 is 0 Å². The predicted molar refractivity (Wildman–Crippen MR) is 76.1 cm³/mol. The number of ether oxygens (including phenoxy) is 1. The van der Waals surface area contributed by atoms with Gasteiger partial charge in [0.05, 0.1) is 18.8 Å². The first kappa shape index (κ1) is 13.6. The first-order valence-electron chi connectivity index (χ1n) is 6.67. The number of hydrogen-bond donors (Lipinski definition) is 1. The number of aromatic nitrogens is 2. The second-order valence-corrected chi connectivity index (χ2v) is 4.70. The molecule has 4 heteroatoms. The molecular formula is C15H21N3O. The van der Waals surface area contributed by atoms with Gasteiger partial charge in [-0.25, -0.2) is 0 Å². The lowest BCUT2D eigenvalue weighted by molar-refractivity contribution is 0.317. The summed E-state index contributed by atoms with van der Waals surface area (Å²) in [5.41, 5.74) is 8.29. The summed E-state index contributed by atoms with van der Waals surface area (Å²) in [5, 5.41) is 4.35. The number of aryl methyl sites for hydroxylation is 1. The van der Waals surface area contributed by atoms with Crippen molar-refractivity contribution in [3.63, 3.8) is 0 Å². The van der Waals surface area contributed by atoms with Gasteiger partial charge in [-0.2, -0.15) is 5.10 Å². The Kier molecular flexibility index (Phi) is 4.58. The fraction of sp³-hybridized carbons (Fsp3) is 0.400. The maximum absolute atomic E-state index is 6.18. The summed E-state index contributed by atoms with van der Waals surface area (Å²) in [6.45, 7) is 5.50. The molecule has 0 bridgehead atoms. The third-order valence-corrected chi connectivity index (χ3v) is 2.94. The monoisotopic (exact) mass is 259 g/mol. The third kappa shape index (κ3) is 3.83. The van der Waals surface area contributed by atoms with E-state index in [0.29, 0.717) is 6.54 Å². The molecule has 2 rings (SSSR count). The lowest BCUT2D eigenvalue weighted by atomic mass is 10.1. The van der Waals surface area contributed by atoms with Gasteiger partial charge in [0.2, 0.25) is 0 Å². The van der Waals surface area contributed by atoms with Crippen molar-refractivity contribution in [2.24, 2.45) is 5.73 Å². The lowest BCUT2D eigenvalue weighted by Gasteiger charge is -2.13. The lowest BCUT2D eigenvalue weighted by Crippen LogP contribution is -2.18. The topological polar surface area (TPSA) is 53.1 Å². The van der Waals surface area contributed by atoms with Crippen molar-refractivity contribution in [1.29, 1.82) is 0 Å². The van der Waals surface area contributed by atoms with Crippen LogP contribution in [-0.4, -0.2) is 16.4 Å². The minimum absolute atomic E-state index is 0.0560. The minimum Gasteiger partial charge on any atom is -0.494 e. The van der Waals surface area contributed by atoms with Gasteiger partial charge in [-0.15, -0.1) is 0 Å².